The number of rotatable bonds is 2. The normalized spacial score (nSPS) is 16.8. The number of thioether (sulfide) groups is 1. The number of allylic oxidation sites excluding steroid dienone is 1. The lowest BCUT2D eigenvalue weighted by molar-refractivity contribution is -0.113. The molecule has 1 heterocycles. The molecule has 3 nitrogen and oxygen atoms in total. The summed E-state index contributed by atoms with van der Waals surface area (Å²) in [6, 6.07) is 13.5. The number of amides is 2. The molecular weight excluding hydrogens is 318 g/mol. The number of anilines is 1. The fourth-order valence-corrected chi connectivity index (χ4v) is 3.52. The maximum Gasteiger partial charge on any atom is 0.298 e. The molecule has 0 aliphatic carbocycles. The molecule has 2 aromatic rings. The Hall–Kier alpha value is -2.33. The molecule has 4 heteroatoms. The van der Waals surface area contributed by atoms with Crippen LogP contribution in [0.2, 0.25) is 0 Å². The van der Waals surface area contributed by atoms with Crippen LogP contribution in [0.4, 0.5) is 10.5 Å². The van der Waals surface area contributed by atoms with E-state index < -0.39 is 0 Å². The van der Waals surface area contributed by atoms with Crippen LogP contribution in [0.3, 0.4) is 0 Å². The summed E-state index contributed by atoms with van der Waals surface area (Å²) < 4.78 is 0. The average molecular weight is 337 g/mol. The van der Waals surface area contributed by atoms with Crippen molar-refractivity contribution < 1.29 is 9.59 Å². The van der Waals surface area contributed by atoms with Crippen LogP contribution >= 0.6 is 11.8 Å². The SMILES string of the molecule is C/C(=C1/SC(=O)N(c2ccc(C)cc2)C1=O)c1ccc(C)c(C)c1. The van der Waals surface area contributed by atoms with Crippen molar-refractivity contribution in [1.29, 1.82) is 0 Å². The summed E-state index contributed by atoms with van der Waals surface area (Å²) in [6.07, 6.45) is 0. The number of nitrogens with zero attached hydrogens (tertiary/aromatic N) is 1. The standard InChI is InChI=1S/C20H19NO2S/c1-12-5-9-17(10-6-12)21-19(22)18(24-20(21)23)15(4)16-8-7-13(2)14(3)11-16/h5-11H,1-4H3/b18-15-. The summed E-state index contributed by atoms with van der Waals surface area (Å²) in [6.45, 7) is 7.97. The van der Waals surface area contributed by atoms with Crippen LogP contribution in [0.15, 0.2) is 47.4 Å². The minimum absolute atomic E-state index is 0.246. The lowest BCUT2D eigenvalue weighted by Gasteiger charge is -2.13. The van der Waals surface area contributed by atoms with E-state index in [4.69, 9.17) is 0 Å². The molecule has 1 aliphatic heterocycles. The maximum absolute atomic E-state index is 12.8. The van der Waals surface area contributed by atoms with E-state index in [-0.39, 0.29) is 11.1 Å². The van der Waals surface area contributed by atoms with Crippen LogP contribution in [-0.4, -0.2) is 11.1 Å². The summed E-state index contributed by atoms with van der Waals surface area (Å²) in [7, 11) is 0. The quantitative estimate of drug-likeness (QED) is 0.703. The van der Waals surface area contributed by atoms with E-state index in [9.17, 15) is 9.59 Å². The van der Waals surface area contributed by atoms with Crippen LogP contribution in [0.5, 0.6) is 0 Å². The van der Waals surface area contributed by atoms with Gasteiger partial charge in [-0.1, -0.05) is 35.9 Å². The second kappa shape index (κ2) is 6.29. The lowest BCUT2D eigenvalue weighted by atomic mass is 10.0. The zero-order valence-electron chi connectivity index (χ0n) is 14.2. The summed E-state index contributed by atoms with van der Waals surface area (Å²) >= 11 is 1.01. The van der Waals surface area contributed by atoms with Crippen LogP contribution in [0.1, 0.15) is 29.2 Å². The van der Waals surface area contributed by atoms with Gasteiger partial charge in [-0.25, -0.2) is 4.90 Å². The molecular formula is C20H19NO2S. The Morgan fingerprint density at radius 2 is 1.58 bits per heavy atom. The van der Waals surface area contributed by atoms with Gasteiger partial charge in [0.25, 0.3) is 11.1 Å². The van der Waals surface area contributed by atoms with Gasteiger partial charge in [-0.2, -0.15) is 0 Å². The van der Waals surface area contributed by atoms with Gasteiger partial charge in [0, 0.05) is 0 Å². The molecule has 1 saturated heterocycles. The van der Waals surface area contributed by atoms with E-state index >= 15 is 0 Å². The van der Waals surface area contributed by atoms with E-state index in [0.717, 1.165) is 28.5 Å². The zero-order valence-corrected chi connectivity index (χ0v) is 15.0. The Morgan fingerprint density at radius 1 is 0.917 bits per heavy atom. The fraction of sp³-hybridized carbons (Fsp3) is 0.200. The van der Waals surface area contributed by atoms with E-state index in [1.165, 1.54) is 16.0 Å². The van der Waals surface area contributed by atoms with E-state index in [2.05, 4.69) is 13.0 Å². The third-order valence-electron chi connectivity index (χ3n) is 4.34. The van der Waals surface area contributed by atoms with Gasteiger partial charge in [-0.05, 0) is 73.9 Å². The Kier molecular flexibility index (Phi) is 4.33. The van der Waals surface area contributed by atoms with Crippen LogP contribution in [-0.2, 0) is 4.79 Å². The minimum Gasteiger partial charge on any atom is -0.268 e. The third kappa shape index (κ3) is 2.89. The van der Waals surface area contributed by atoms with Gasteiger partial charge in [0.05, 0.1) is 10.6 Å². The largest absolute Gasteiger partial charge is 0.298 e. The van der Waals surface area contributed by atoms with Crippen LogP contribution in [0, 0.1) is 20.8 Å². The Morgan fingerprint density at radius 3 is 2.21 bits per heavy atom. The molecule has 0 saturated carbocycles. The van der Waals surface area contributed by atoms with E-state index in [1.54, 1.807) is 12.1 Å². The molecule has 0 atom stereocenters. The fourth-order valence-electron chi connectivity index (χ4n) is 2.62. The van der Waals surface area contributed by atoms with Gasteiger partial charge in [0.2, 0.25) is 0 Å². The molecule has 0 unspecified atom stereocenters. The second-order valence-corrected chi connectivity index (χ2v) is 7.06. The molecule has 0 aromatic heterocycles. The molecule has 1 aliphatic rings. The van der Waals surface area contributed by atoms with Crippen molar-refractivity contribution in [3.63, 3.8) is 0 Å². The average Bonchev–Trinajstić information content (AvgIpc) is 2.85. The molecule has 0 N–H and O–H groups in total. The Labute approximate surface area is 146 Å². The molecule has 24 heavy (non-hydrogen) atoms. The molecule has 0 radical (unpaired) electrons. The summed E-state index contributed by atoms with van der Waals surface area (Å²) in [4.78, 5) is 26.9. The van der Waals surface area contributed by atoms with Crippen LogP contribution in [0.25, 0.3) is 5.57 Å². The van der Waals surface area contributed by atoms with Gasteiger partial charge in [-0.3, -0.25) is 9.59 Å². The van der Waals surface area contributed by atoms with Crippen molar-refractivity contribution in [3.05, 3.63) is 69.6 Å². The van der Waals surface area contributed by atoms with Crippen molar-refractivity contribution in [2.24, 2.45) is 0 Å². The van der Waals surface area contributed by atoms with Gasteiger partial charge in [0.15, 0.2) is 0 Å². The summed E-state index contributed by atoms with van der Waals surface area (Å²) in [5.41, 5.74) is 5.91. The first-order valence-corrected chi connectivity index (χ1v) is 8.61. The highest BCUT2D eigenvalue weighted by Gasteiger charge is 2.37. The number of benzene rings is 2. The first-order chi connectivity index (χ1) is 11.4. The van der Waals surface area contributed by atoms with Crippen molar-refractivity contribution in [2.75, 3.05) is 4.90 Å². The smallest absolute Gasteiger partial charge is 0.268 e. The highest BCUT2D eigenvalue weighted by atomic mass is 32.2. The maximum atomic E-state index is 12.8. The van der Waals surface area contributed by atoms with Gasteiger partial charge >= 0.3 is 0 Å². The predicted octanol–water partition coefficient (Wildman–Crippen LogP) is 5.24. The van der Waals surface area contributed by atoms with Gasteiger partial charge < -0.3 is 0 Å². The number of hydrogen-bond acceptors (Lipinski definition) is 3. The zero-order chi connectivity index (χ0) is 17.4. The summed E-state index contributed by atoms with van der Waals surface area (Å²) in [5.74, 6) is -0.246. The number of carbonyl (C=O) groups is 2. The highest BCUT2D eigenvalue weighted by Crippen LogP contribution is 2.39. The monoisotopic (exact) mass is 337 g/mol. The Balaban J connectivity index is 2.00. The molecule has 2 aromatic carbocycles. The lowest BCUT2D eigenvalue weighted by Crippen LogP contribution is -2.27. The minimum atomic E-state index is -0.248. The number of carbonyl (C=O) groups excluding carboxylic acids is 2. The third-order valence-corrected chi connectivity index (χ3v) is 5.38. The van der Waals surface area contributed by atoms with Gasteiger partial charge in [-0.15, -0.1) is 0 Å². The molecule has 122 valence electrons. The highest BCUT2D eigenvalue weighted by molar-refractivity contribution is 8.19. The first kappa shape index (κ1) is 16.5. The Bertz CT molecular complexity index is 866. The molecule has 3 rings (SSSR count). The second-order valence-electron chi connectivity index (χ2n) is 6.10. The number of hydrogen-bond donors (Lipinski definition) is 0. The molecule has 1 fully saturated rings. The van der Waals surface area contributed by atoms with Gasteiger partial charge in [0.1, 0.15) is 0 Å². The van der Waals surface area contributed by atoms with E-state index in [0.29, 0.717) is 10.6 Å². The molecule has 2 amide bonds. The van der Waals surface area contributed by atoms with Crippen molar-refractivity contribution in [2.45, 2.75) is 27.7 Å². The first-order valence-electron chi connectivity index (χ1n) is 7.80. The van der Waals surface area contributed by atoms with E-state index in [1.807, 2.05) is 45.0 Å². The van der Waals surface area contributed by atoms with Crippen molar-refractivity contribution in [1.82, 2.24) is 0 Å². The summed E-state index contributed by atoms with van der Waals surface area (Å²) in [5, 5.41) is -0.248. The topological polar surface area (TPSA) is 37.4 Å². The van der Waals surface area contributed by atoms with Crippen LogP contribution < -0.4 is 4.90 Å². The molecule has 0 spiro atoms. The number of aryl methyl sites for hydroxylation is 3. The predicted molar refractivity (Wildman–Crippen MR) is 100 cm³/mol. The number of imide groups is 1. The molecule has 0 bridgehead atoms. The van der Waals surface area contributed by atoms with Crippen molar-refractivity contribution >= 4 is 34.2 Å². The van der Waals surface area contributed by atoms with Crippen molar-refractivity contribution in [3.8, 4) is 0 Å².